The van der Waals surface area contributed by atoms with Gasteiger partial charge in [0.25, 0.3) is 0 Å². The summed E-state index contributed by atoms with van der Waals surface area (Å²) >= 11 is 0. The maximum Gasteiger partial charge on any atom is 0.114 e. The van der Waals surface area contributed by atoms with Crippen LogP contribution in [0.1, 0.15) is 42.8 Å². The summed E-state index contributed by atoms with van der Waals surface area (Å²) in [6.07, 6.45) is 4.44. The predicted octanol–water partition coefficient (Wildman–Crippen LogP) is 2.38. The first kappa shape index (κ1) is 13.1. The summed E-state index contributed by atoms with van der Waals surface area (Å²) < 4.78 is 7.77. The number of allylic oxidation sites excluding steroid dienone is 1. The molecule has 0 saturated carbocycles. The molecule has 4 nitrogen and oxygen atoms in total. The molecule has 1 unspecified atom stereocenters. The van der Waals surface area contributed by atoms with Crippen LogP contribution < -0.4 is 5.32 Å². The van der Waals surface area contributed by atoms with Crippen molar-refractivity contribution in [1.29, 1.82) is 0 Å². The number of nitrogens with zero attached hydrogens (tertiary/aromatic N) is 2. The maximum absolute atomic E-state index is 5.83. The molecule has 0 aliphatic carbocycles. The van der Waals surface area contributed by atoms with Gasteiger partial charge >= 0.3 is 0 Å². The van der Waals surface area contributed by atoms with Crippen molar-refractivity contribution in [1.82, 2.24) is 15.1 Å². The van der Waals surface area contributed by atoms with Crippen LogP contribution in [0.5, 0.6) is 0 Å². The SMILES string of the molecule is CCNC(C1=CCCCO1)c1c(C)nn(C)c1C. The summed E-state index contributed by atoms with van der Waals surface area (Å²) in [6.45, 7) is 8.04. The first-order valence-corrected chi connectivity index (χ1v) is 6.71. The van der Waals surface area contributed by atoms with Crippen molar-refractivity contribution < 1.29 is 4.74 Å². The molecule has 0 amide bonds. The third-order valence-electron chi connectivity index (χ3n) is 3.51. The zero-order valence-corrected chi connectivity index (χ0v) is 11.8. The average Bonchev–Trinajstić information content (AvgIpc) is 2.62. The summed E-state index contributed by atoms with van der Waals surface area (Å²) in [4.78, 5) is 0. The third kappa shape index (κ3) is 2.43. The molecular weight excluding hydrogens is 226 g/mol. The van der Waals surface area contributed by atoms with Gasteiger partial charge in [-0.05, 0) is 39.3 Å². The number of hydrogen-bond acceptors (Lipinski definition) is 3. The van der Waals surface area contributed by atoms with E-state index in [9.17, 15) is 0 Å². The number of hydrogen-bond donors (Lipinski definition) is 1. The van der Waals surface area contributed by atoms with Crippen LogP contribution in [0.25, 0.3) is 0 Å². The first-order valence-electron chi connectivity index (χ1n) is 6.71. The first-order chi connectivity index (χ1) is 8.65. The van der Waals surface area contributed by atoms with Crippen molar-refractivity contribution in [3.63, 3.8) is 0 Å². The molecule has 0 spiro atoms. The Balaban J connectivity index is 2.37. The molecule has 1 atom stereocenters. The summed E-state index contributed by atoms with van der Waals surface area (Å²) in [5.41, 5.74) is 3.54. The minimum atomic E-state index is 0.143. The summed E-state index contributed by atoms with van der Waals surface area (Å²) in [5, 5.41) is 8.02. The summed E-state index contributed by atoms with van der Waals surface area (Å²) in [5.74, 6) is 1.06. The molecule has 18 heavy (non-hydrogen) atoms. The van der Waals surface area contributed by atoms with Crippen LogP contribution in [-0.2, 0) is 11.8 Å². The van der Waals surface area contributed by atoms with Crippen LogP contribution in [0.4, 0.5) is 0 Å². The lowest BCUT2D eigenvalue weighted by Gasteiger charge is -2.25. The van der Waals surface area contributed by atoms with E-state index in [0.717, 1.165) is 37.4 Å². The molecule has 0 aromatic carbocycles. The number of aromatic nitrogens is 2. The van der Waals surface area contributed by atoms with Gasteiger partial charge in [-0.2, -0.15) is 5.10 Å². The Morgan fingerprint density at radius 1 is 1.50 bits per heavy atom. The Morgan fingerprint density at radius 3 is 2.78 bits per heavy atom. The Bertz CT molecular complexity index is 448. The summed E-state index contributed by atoms with van der Waals surface area (Å²) in [6, 6.07) is 0.143. The quantitative estimate of drug-likeness (QED) is 0.890. The lowest BCUT2D eigenvalue weighted by atomic mass is 10.0. The highest BCUT2D eigenvalue weighted by Gasteiger charge is 2.25. The molecular formula is C14H23N3O. The van der Waals surface area contributed by atoms with Crippen LogP contribution in [0, 0.1) is 13.8 Å². The highest BCUT2D eigenvalue weighted by Crippen LogP contribution is 2.30. The topological polar surface area (TPSA) is 39.1 Å². The lowest BCUT2D eigenvalue weighted by Crippen LogP contribution is -2.26. The van der Waals surface area contributed by atoms with Gasteiger partial charge < -0.3 is 10.1 Å². The molecule has 0 bridgehead atoms. The predicted molar refractivity (Wildman–Crippen MR) is 72.4 cm³/mol. The zero-order chi connectivity index (χ0) is 13.1. The number of aryl methyl sites for hydroxylation is 2. The van der Waals surface area contributed by atoms with Gasteiger partial charge in [-0.15, -0.1) is 0 Å². The van der Waals surface area contributed by atoms with Gasteiger partial charge in [-0.25, -0.2) is 0 Å². The van der Waals surface area contributed by atoms with Crippen LogP contribution in [0.15, 0.2) is 11.8 Å². The zero-order valence-electron chi connectivity index (χ0n) is 11.8. The Morgan fingerprint density at radius 2 is 2.28 bits per heavy atom. The van der Waals surface area contributed by atoms with Gasteiger partial charge in [-0.3, -0.25) is 4.68 Å². The van der Waals surface area contributed by atoms with Crippen LogP contribution in [-0.4, -0.2) is 22.9 Å². The number of likely N-dealkylation sites (N-methyl/N-ethyl adjacent to an activating group) is 1. The van der Waals surface area contributed by atoms with Crippen LogP contribution in [0.3, 0.4) is 0 Å². The second-order valence-electron chi connectivity index (χ2n) is 4.80. The van der Waals surface area contributed by atoms with E-state index >= 15 is 0 Å². The van der Waals surface area contributed by atoms with Gasteiger partial charge in [0, 0.05) is 18.3 Å². The molecule has 1 aliphatic heterocycles. The van der Waals surface area contributed by atoms with Crippen LogP contribution in [0.2, 0.25) is 0 Å². The average molecular weight is 249 g/mol. The van der Waals surface area contributed by atoms with E-state index < -0.39 is 0 Å². The molecule has 1 N–H and O–H groups in total. The maximum atomic E-state index is 5.83. The van der Waals surface area contributed by atoms with Gasteiger partial charge in [0.15, 0.2) is 0 Å². The van der Waals surface area contributed by atoms with E-state index in [1.165, 1.54) is 11.3 Å². The molecule has 1 aliphatic rings. The van der Waals surface area contributed by atoms with Gasteiger partial charge in [0.2, 0.25) is 0 Å². The normalized spacial score (nSPS) is 17.2. The molecule has 2 heterocycles. The van der Waals surface area contributed by atoms with Gasteiger partial charge in [0.1, 0.15) is 5.76 Å². The molecule has 2 rings (SSSR count). The molecule has 1 aromatic rings. The van der Waals surface area contributed by atoms with Crippen molar-refractivity contribution >= 4 is 0 Å². The van der Waals surface area contributed by atoms with Gasteiger partial charge in [-0.1, -0.05) is 6.92 Å². The summed E-state index contributed by atoms with van der Waals surface area (Å²) in [7, 11) is 1.99. The molecule has 4 heteroatoms. The fourth-order valence-corrected chi connectivity index (χ4v) is 2.53. The van der Waals surface area contributed by atoms with Gasteiger partial charge in [0.05, 0.1) is 18.3 Å². The Hall–Kier alpha value is -1.29. The largest absolute Gasteiger partial charge is 0.496 e. The minimum Gasteiger partial charge on any atom is -0.496 e. The molecule has 100 valence electrons. The van der Waals surface area contributed by atoms with Crippen molar-refractivity contribution in [2.24, 2.45) is 7.05 Å². The van der Waals surface area contributed by atoms with Crippen molar-refractivity contribution in [2.45, 2.75) is 39.7 Å². The van der Waals surface area contributed by atoms with Crippen molar-refractivity contribution in [3.8, 4) is 0 Å². The van der Waals surface area contributed by atoms with Crippen molar-refractivity contribution in [2.75, 3.05) is 13.2 Å². The van der Waals surface area contributed by atoms with Crippen molar-refractivity contribution in [3.05, 3.63) is 28.8 Å². The second-order valence-corrected chi connectivity index (χ2v) is 4.80. The van der Waals surface area contributed by atoms with E-state index in [1.807, 2.05) is 11.7 Å². The van der Waals surface area contributed by atoms with E-state index in [4.69, 9.17) is 4.74 Å². The molecule has 0 saturated heterocycles. The molecule has 0 fully saturated rings. The highest BCUT2D eigenvalue weighted by molar-refractivity contribution is 5.33. The number of rotatable bonds is 4. The lowest BCUT2D eigenvalue weighted by molar-refractivity contribution is 0.168. The molecule has 1 aromatic heterocycles. The number of ether oxygens (including phenoxy) is 1. The fraction of sp³-hybridized carbons (Fsp3) is 0.643. The van der Waals surface area contributed by atoms with E-state index in [0.29, 0.717) is 0 Å². The standard InChI is InChI=1S/C14H23N3O/c1-5-15-14(12-8-6-7-9-18-12)13-10(2)16-17(4)11(13)3/h8,14-15H,5-7,9H2,1-4H3. The Kier molecular flexibility index (Phi) is 4.07. The fourth-order valence-electron chi connectivity index (χ4n) is 2.53. The second kappa shape index (κ2) is 5.57. The van der Waals surface area contributed by atoms with E-state index in [-0.39, 0.29) is 6.04 Å². The van der Waals surface area contributed by atoms with E-state index in [2.05, 4.69) is 37.3 Å². The monoisotopic (exact) mass is 249 g/mol. The highest BCUT2D eigenvalue weighted by atomic mass is 16.5. The third-order valence-corrected chi connectivity index (χ3v) is 3.51. The number of nitrogens with one attached hydrogen (secondary N) is 1. The van der Waals surface area contributed by atoms with Crippen LogP contribution >= 0.6 is 0 Å². The molecule has 0 radical (unpaired) electrons. The Labute approximate surface area is 109 Å². The smallest absolute Gasteiger partial charge is 0.114 e. The minimum absolute atomic E-state index is 0.143. The van der Waals surface area contributed by atoms with E-state index in [1.54, 1.807) is 0 Å².